The molecule has 2 rings (SSSR count). The van der Waals surface area contributed by atoms with Crippen LogP contribution in [0.15, 0.2) is 24.3 Å². The van der Waals surface area contributed by atoms with Crippen molar-refractivity contribution in [1.82, 2.24) is 9.62 Å². The van der Waals surface area contributed by atoms with E-state index in [0.717, 1.165) is 12.0 Å². The largest absolute Gasteiger partial charge is 0.349 e. The van der Waals surface area contributed by atoms with Crippen LogP contribution in [0.3, 0.4) is 0 Å². The van der Waals surface area contributed by atoms with Crippen molar-refractivity contribution in [2.45, 2.75) is 46.1 Å². The van der Waals surface area contributed by atoms with E-state index in [9.17, 15) is 13.2 Å². The number of aryl methyl sites for hydroxylation is 1. The Morgan fingerprint density at radius 2 is 1.79 bits per heavy atom. The molecule has 1 N–H and O–H groups in total. The van der Waals surface area contributed by atoms with Gasteiger partial charge in [0.2, 0.25) is 15.9 Å². The Balaban J connectivity index is 1.94. The maximum absolute atomic E-state index is 12.6. The molecule has 1 amide bonds. The zero-order chi connectivity index (χ0) is 17.7. The molecule has 1 saturated heterocycles. The van der Waals surface area contributed by atoms with Crippen molar-refractivity contribution in [3.63, 3.8) is 0 Å². The van der Waals surface area contributed by atoms with E-state index in [1.54, 1.807) is 6.92 Å². The molecule has 1 aliphatic heterocycles. The van der Waals surface area contributed by atoms with Crippen LogP contribution in [0, 0.1) is 12.8 Å². The number of carbonyl (C=O) groups is 1. The molecular formula is C18H28N2O3S. The zero-order valence-corrected chi connectivity index (χ0v) is 15.6. The second-order valence-electron chi connectivity index (χ2n) is 6.45. The Kier molecular flexibility index (Phi) is 6.40. The monoisotopic (exact) mass is 352 g/mol. The van der Waals surface area contributed by atoms with Gasteiger partial charge in [-0.15, -0.1) is 0 Å². The van der Waals surface area contributed by atoms with Crippen molar-refractivity contribution in [1.29, 1.82) is 0 Å². The average molecular weight is 353 g/mol. The topological polar surface area (TPSA) is 66.5 Å². The van der Waals surface area contributed by atoms with Crippen LogP contribution < -0.4 is 5.32 Å². The van der Waals surface area contributed by atoms with E-state index in [0.29, 0.717) is 25.9 Å². The second kappa shape index (κ2) is 8.12. The van der Waals surface area contributed by atoms with Crippen LogP contribution >= 0.6 is 0 Å². The lowest BCUT2D eigenvalue weighted by atomic mass is 9.95. The van der Waals surface area contributed by atoms with Crippen molar-refractivity contribution in [2.24, 2.45) is 5.92 Å². The number of nitrogens with one attached hydrogen (secondary N) is 1. The van der Waals surface area contributed by atoms with E-state index in [4.69, 9.17) is 0 Å². The van der Waals surface area contributed by atoms with Crippen molar-refractivity contribution in [3.8, 4) is 0 Å². The minimum atomic E-state index is -3.14. The number of nitrogens with zero attached hydrogens (tertiary/aromatic N) is 1. The van der Waals surface area contributed by atoms with Gasteiger partial charge in [0, 0.05) is 19.0 Å². The van der Waals surface area contributed by atoms with E-state index in [1.807, 2.05) is 6.92 Å². The van der Waals surface area contributed by atoms with Crippen LogP contribution in [0.1, 0.15) is 50.3 Å². The molecule has 0 saturated carbocycles. The smallest absolute Gasteiger partial charge is 0.223 e. The Bertz CT molecular complexity index is 647. The molecule has 6 heteroatoms. The summed E-state index contributed by atoms with van der Waals surface area (Å²) in [6, 6.07) is 8.23. The molecule has 1 fully saturated rings. The maximum atomic E-state index is 12.6. The molecule has 1 aromatic carbocycles. The summed E-state index contributed by atoms with van der Waals surface area (Å²) in [6.45, 7) is 6.63. The van der Waals surface area contributed by atoms with Gasteiger partial charge in [0.1, 0.15) is 0 Å². The van der Waals surface area contributed by atoms with Crippen LogP contribution in [0.25, 0.3) is 0 Å². The first-order chi connectivity index (χ1) is 11.4. The first-order valence-corrected chi connectivity index (χ1v) is 10.3. The van der Waals surface area contributed by atoms with Gasteiger partial charge in [-0.1, -0.05) is 36.8 Å². The summed E-state index contributed by atoms with van der Waals surface area (Å²) in [5.41, 5.74) is 2.31. The molecule has 0 aliphatic carbocycles. The highest BCUT2D eigenvalue weighted by atomic mass is 32.2. The highest BCUT2D eigenvalue weighted by Crippen LogP contribution is 2.23. The number of piperidine rings is 1. The third-order valence-electron chi connectivity index (χ3n) is 4.79. The van der Waals surface area contributed by atoms with Crippen molar-refractivity contribution in [3.05, 3.63) is 35.4 Å². The molecule has 134 valence electrons. The van der Waals surface area contributed by atoms with Gasteiger partial charge in [0.05, 0.1) is 11.8 Å². The summed E-state index contributed by atoms with van der Waals surface area (Å²) in [6.07, 6.45) is 2.02. The van der Waals surface area contributed by atoms with E-state index >= 15 is 0 Å². The molecule has 0 radical (unpaired) electrons. The number of carbonyl (C=O) groups excluding carboxylic acids is 1. The lowest BCUT2D eigenvalue weighted by Gasteiger charge is -2.31. The zero-order valence-electron chi connectivity index (χ0n) is 14.8. The summed E-state index contributed by atoms with van der Waals surface area (Å²) in [5, 5.41) is 3.13. The second-order valence-corrected chi connectivity index (χ2v) is 8.71. The van der Waals surface area contributed by atoms with E-state index in [1.165, 1.54) is 9.87 Å². The number of hydrogen-bond acceptors (Lipinski definition) is 3. The maximum Gasteiger partial charge on any atom is 0.223 e. The highest BCUT2D eigenvalue weighted by Gasteiger charge is 2.30. The Labute approximate surface area is 145 Å². The van der Waals surface area contributed by atoms with Crippen LogP contribution in [-0.2, 0) is 14.8 Å². The van der Waals surface area contributed by atoms with E-state index in [-0.39, 0.29) is 23.6 Å². The fraction of sp³-hybridized carbons (Fsp3) is 0.611. The van der Waals surface area contributed by atoms with Crippen LogP contribution in [-0.4, -0.2) is 37.5 Å². The van der Waals surface area contributed by atoms with Gasteiger partial charge in [-0.3, -0.25) is 4.79 Å². The van der Waals surface area contributed by atoms with Gasteiger partial charge >= 0.3 is 0 Å². The quantitative estimate of drug-likeness (QED) is 0.856. The van der Waals surface area contributed by atoms with E-state index in [2.05, 4.69) is 36.5 Å². The normalized spacial score (nSPS) is 18.3. The Morgan fingerprint density at radius 1 is 1.21 bits per heavy atom. The van der Waals surface area contributed by atoms with Crippen molar-refractivity contribution in [2.75, 3.05) is 18.8 Å². The summed E-state index contributed by atoms with van der Waals surface area (Å²) in [5.74, 6) is 0.0543. The number of benzene rings is 1. The Hall–Kier alpha value is -1.40. The van der Waals surface area contributed by atoms with Crippen LogP contribution in [0.5, 0.6) is 0 Å². The van der Waals surface area contributed by atoms with Gasteiger partial charge in [-0.05, 0) is 38.7 Å². The molecule has 0 spiro atoms. The molecule has 1 heterocycles. The van der Waals surface area contributed by atoms with Gasteiger partial charge in [-0.2, -0.15) is 0 Å². The molecule has 24 heavy (non-hydrogen) atoms. The first kappa shape index (κ1) is 18.9. The molecule has 1 aromatic rings. The highest BCUT2D eigenvalue weighted by molar-refractivity contribution is 7.89. The van der Waals surface area contributed by atoms with Gasteiger partial charge in [0.15, 0.2) is 0 Å². The number of amides is 1. The predicted octanol–water partition coefficient (Wildman–Crippen LogP) is 2.62. The third-order valence-corrected chi connectivity index (χ3v) is 6.67. The van der Waals surface area contributed by atoms with Crippen molar-refractivity contribution < 1.29 is 13.2 Å². The van der Waals surface area contributed by atoms with Gasteiger partial charge in [-0.25, -0.2) is 12.7 Å². The summed E-state index contributed by atoms with van der Waals surface area (Å²) >= 11 is 0. The standard InChI is InChI=1S/C18H28N2O3S/c1-4-17(15-8-6-14(3)7-9-15)19-18(21)16-10-12-20(13-11-16)24(22,23)5-2/h6-9,16-17H,4-5,10-13H2,1-3H3,(H,19,21). The SMILES string of the molecule is CCC(NC(=O)C1CCN(S(=O)(=O)CC)CC1)c1ccc(C)cc1. The fourth-order valence-corrected chi connectivity index (χ4v) is 4.22. The molecule has 1 aliphatic rings. The lowest BCUT2D eigenvalue weighted by Crippen LogP contribution is -2.44. The summed E-state index contributed by atoms with van der Waals surface area (Å²) in [7, 11) is -3.14. The molecule has 0 aromatic heterocycles. The minimum Gasteiger partial charge on any atom is -0.349 e. The first-order valence-electron chi connectivity index (χ1n) is 8.72. The van der Waals surface area contributed by atoms with Crippen LogP contribution in [0.4, 0.5) is 0 Å². The Morgan fingerprint density at radius 3 is 2.29 bits per heavy atom. The molecular weight excluding hydrogens is 324 g/mol. The molecule has 1 unspecified atom stereocenters. The fourth-order valence-electron chi connectivity index (χ4n) is 3.09. The number of rotatable bonds is 6. The lowest BCUT2D eigenvalue weighted by molar-refractivity contribution is -0.126. The molecule has 5 nitrogen and oxygen atoms in total. The third kappa shape index (κ3) is 4.57. The van der Waals surface area contributed by atoms with E-state index < -0.39 is 10.0 Å². The van der Waals surface area contributed by atoms with Crippen molar-refractivity contribution >= 4 is 15.9 Å². The molecule has 0 bridgehead atoms. The van der Waals surface area contributed by atoms with Crippen LogP contribution in [0.2, 0.25) is 0 Å². The van der Waals surface area contributed by atoms with Gasteiger partial charge < -0.3 is 5.32 Å². The molecule has 1 atom stereocenters. The number of hydrogen-bond donors (Lipinski definition) is 1. The minimum absolute atomic E-state index is 0.00973. The average Bonchev–Trinajstić information content (AvgIpc) is 2.60. The summed E-state index contributed by atoms with van der Waals surface area (Å²) in [4.78, 5) is 12.6. The summed E-state index contributed by atoms with van der Waals surface area (Å²) < 4.78 is 25.3. The number of sulfonamides is 1. The predicted molar refractivity (Wildman–Crippen MR) is 96.1 cm³/mol. The van der Waals surface area contributed by atoms with Gasteiger partial charge in [0.25, 0.3) is 0 Å².